The molecule has 4 aromatic rings. The summed E-state index contributed by atoms with van der Waals surface area (Å²) in [5, 5.41) is 2.35. The number of nitrogens with one attached hydrogen (secondary N) is 1. The molecule has 0 radical (unpaired) electrons. The molecule has 2 aromatic heterocycles. The first kappa shape index (κ1) is 21.1. The van der Waals surface area contributed by atoms with E-state index in [0.717, 1.165) is 74.2 Å². The molecule has 0 spiro atoms. The van der Waals surface area contributed by atoms with E-state index in [0.29, 0.717) is 0 Å². The summed E-state index contributed by atoms with van der Waals surface area (Å²) in [7, 11) is 0. The molecule has 166 valence electrons. The Labute approximate surface area is 189 Å². The summed E-state index contributed by atoms with van der Waals surface area (Å²) in [5.41, 5.74) is 13.4. The number of rotatable bonds is 7. The van der Waals surface area contributed by atoms with E-state index < -0.39 is 0 Å². The monoisotopic (exact) mass is 428 g/mol. The van der Waals surface area contributed by atoms with E-state index in [2.05, 4.69) is 70.3 Å². The van der Waals surface area contributed by atoms with Crippen molar-refractivity contribution in [3.8, 4) is 11.1 Å². The summed E-state index contributed by atoms with van der Waals surface area (Å²) in [4.78, 5) is 10.6. The van der Waals surface area contributed by atoms with E-state index in [-0.39, 0.29) is 6.04 Å². The number of aromatic amines is 1. The molecule has 3 N–H and O–H groups in total. The van der Waals surface area contributed by atoms with Crippen LogP contribution in [0.15, 0.2) is 54.7 Å². The summed E-state index contributed by atoms with van der Waals surface area (Å²) in [6, 6.07) is 17.8. The minimum absolute atomic E-state index is 0.0407. The van der Waals surface area contributed by atoms with E-state index in [1.807, 2.05) is 6.20 Å². The van der Waals surface area contributed by atoms with Gasteiger partial charge in [-0.05, 0) is 46.9 Å². The Morgan fingerprint density at radius 3 is 2.59 bits per heavy atom. The predicted molar refractivity (Wildman–Crippen MR) is 132 cm³/mol. The van der Waals surface area contributed by atoms with Crippen LogP contribution >= 0.6 is 0 Å². The number of H-pyrrole nitrogens is 1. The average Bonchev–Trinajstić information content (AvgIpc) is 3.21. The Morgan fingerprint density at radius 1 is 1.03 bits per heavy atom. The number of hydrogen-bond donors (Lipinski definition) is 2. The first-order valence-electron chi connectivity index (χ1n) is 11.8. The number of hydrogen-bond acceptors (Lipinski definition) is 4. The Morgan fingerprint density at radius 2 is 1.81 bits per heavy atom. The highest BCUT2D eigenvalue weighted by molar-refractivity contribution is 6.07. The quantitative estimate of drug-likeness (QED) is 0.413. The van der Waals surface area contributed by atoms with Gasteiger partial charge in [0.15, 0.2) is 0 Å². The van der Waals surface area contributed by atoms with Crippen molar-refractivity contribution in [2.24, 2.45) is 5.73 Å². The molecule has 5 nitrogen and oxygen atoms in total. The molecule has 5 heteroatoms. The molecule has 1 unspecified atom stereocenters. The minimum atomic E-state index is 0.0407. The number of ether oxygens (including phenoxy) is 1. The number of pyridine rings is 1. The van der Waals surface area contributed by atoms with Crippen molar-refractivity contribution < 1.29 is 4.74 Å². The second-order valence-corrected chi connectivity index (χ2v) is 8.88. The Kier molecular flexibility index (Phi) is 6.21. The molecular formula is C27H32N4O. The lowest BCUT2D eigenvalue weighted by atomic mass is 10.00. The maximum absolute atomic E-state index is 6.43. The molecule has 5 rings (SSSR count). The summed E-state index contributed by atoms with van der Waals surface area (Å²) in [6.07, 6.45) is 5.21. The lowest BCUT2D eigenvalue weighted by Gasteiger charge is -2.26. The lowest BCUT2D eigenvalue weighted by Crippen LogP contribution is -2.35. The SMILES string of the molecule is CCCCC(N)c1cnc2[nH]c3ccc(-c4ccc(CN5CCOCC5)cc4)cc3c2c1. The van der Waals surface area contributed by atoms with Crippen molar-refractivity contribution in [3.63, 3.8) is 0 Å². The number of benzene rings is 2. The van der Waals surface area contributed by atoms with Crippen molar-refractivity contribution in [1.82, 2.24) is 14.9 Å². The van der Waals surface area contributed by atoms with E-state index in [9.17, 15) is 0 Å². The number of nitrogens with zero attached hydrogens (tertiary/aromatic N) is 2. The first-order valence-corrected chi connectivity index (χ1v) is 11.8. The molecule has 0 amide bonds. The topological polar surface area (TPSA) is 67.2 Å². The second kappa shape index (κ2) is 9.41. The maximum Gasteiger partial charge on any atom is 0.138 e. The minimum Gasteiger partial charge on any atom is -0.379 e. The molecule has 1 atom stereocenters. The molecule has 3 heterocycles. The van der Waals surface area contributed by atoms with Gasteiger partial charge >= 0.3 is 0 Å². The van der Waals surface area contributed by atoms with Gasteiger partial charge < -0.3 is 15.5 Å². The number of nitrogens with two attached hydrogens (primary N) is 1. The first-order chi connectivity index (χ1) is 15.7. The van der Waals surface area contributed by atoms with Gasteiger partial charge in [-0.2, -0.15) is 0 Å². The van der Waals surface area contributed by atoms with Gasteiger partial charge in [-0.1, -0.05) is 50.1 Å². The predicted octanol–water partition coefficient (Wildman–Crippen LogP) is 5.41. The Balaban J connectivity index is 1.42. The fourth-order valence-corrected chi connectivity index (χ4v) is 4.58. The molecule has 0 aliphatic carbocycles. The standard InChI is InChI=1S/C27H32N4O/c1-2-3-4-25(28)22-16-24-23-15-21(9-10-26(23)30-27(24)29-17-22)20-7-5-19(6-8-20)18-31-11-13-32-14-12-31/h5-10,15-17,25H,2-4,11-14,18,28H2,1H3,(H,29,30). The molecule has 32 heavy (non-hydrogen) atoms. The van der Waals surface area contributed by atoms with Crippen LogP contribution in [-0.2, 0) is 11.3 Å². The third-order valence-electron chi connectivity index (χ3n) is 6.57. The van der Waals surface area contributed by atoms with Gasteiger partial charge in [-0.3, -0.25) is 4.90 Å². The van der Waals surface area contributed by atoms with Gasteiger partial charge in [-0.25, -0.2) is 4.98 Å². The van der Waals surface area contributed by atoms with Crippen LogP contribution in [0, 0.1) is 0 Å². The summed E-state index contributed by atoms with van der Waals surface area (Å²) in [5.74, 6) is 0. The van der Waals surface area contributed by atoms with Gasteiger partial charge in [0.25, 0.3) is 0 Å². The molecule has 1 aliphatic rings. The van der Waals surface area contributed by atoms with Crippen LogP contribution in [0.5, 0.6) is 0 Å². The van der Waals surface area contributed by atoms with Crippen LogP contribution in [-0.4, -0.2) is 41.2 Å². The van der Waals surface area contributed by atoms with Crippen LogP contribution in [0.2, 0.25) is 0 Å². The number of fused-ring (bicyclic) bond motifs is 3. The largest absolute Gasteiger partial charge is 0.379 e. The van der Waals surface area contributed by atoms with Crippen LogP contribution in [0.4, 0.5) is 0 Å². The normalized spacial score (nSPS) is 16.1. The van der Waals surface area contributed by atoms with E-state index in [1.54, 1.807) is 0 Å². The number of morpholine rings is 1. The van der Waals surface area contributed by atoms with E-state index in [1.165, 1.54) is 22.1 Å². The average molecular weight is 429 g/mol. The molecule has 2 aromatic carbocycles. The summed E-state index contributed by atoms with van der Waals surface area (Å²) >= 11 is 0. The highest BCUT2D eigenvalue weighted by Crippen LogP contribution is 2.31. The molecule has 1 fully saturated rings. The zero-order valence-electron chi connectivity index (χ0n) is 18.8. The summed E-state index contributed by atoms with van der Waals surface area (Å²) in [6.45, 7) is 6.88. The Hall–Kier alpha value is -2.73. The van der Waals surface area contributed by atoms with Crippen molar-refractivity contribution in [3.05, 3.63) is 65.9 Å². The molecule has 0 saturated carbocycles. The van der Waals surface area contributed by atoms with Gasteiger partial charge in [0, 0.05) is 48.2 Å². The highest BCUT2D eigenvalue weighted by atomic mass is 16.5. The fourth-order valence-electron chi connectivity index (χ4n) is 4.58. The van der Waals surface area contributed by atoms with E-state index in [4.69, 9.17) is 10.5 Å². The zero-order chi connectivity index (χ0) is 21.9. The van der Waals surface area contributed by atoms with Gasteiger partial charge in [-0.15, -0.1) is 0 Å². The van der Waals surface area contributed by atoms with Crippen molar-refractivity contribution in [2.75, 3.05) is 26.3 Å². The van der Waals surface area contributed by atoms with Crippen LogP contribution in [0.1, 0.15) is 43.4 Å². The molecule has 0 bridgehead atoms. The Bertz CT molecular complexity index is 1190. The van der Waals surface area contributed by atoms with E-state index >= 15 is 0 Å². The van der Waals surface area contributed by atoms with Crippen LogP contribution < -0.4 is 5.73 Å². The molecule has 1 aliphatic heterocycles. The highest BCUT2D eigenvalue weighted by Gasteiger charge is 2.13. The van der Waals surface area contributed by atoms with Crippen molar-refractivity contribution in [2.45, 2.75) is 38.8 Å². The van der Waals surface area contributed by atoms with Crippen LogP contribution in [0.3, 0.4) is 0 Å². The fraction of sp³-hybridized carbons (Fsp3) is 0.370. The smallest absolute Gasteiger partial charge is 0.138 e. The second-order valence-electron chi connectivity index (χ2n) is 8.88. The van der Waals surface area contributed by atoms with Gasteiger partial charge in [0.1, 0.15) is 5.65 Å². The molecular weight excluding hydrogens is 396 g/mol. The molecule has 1 saturated heterocycles. The maximum atomic E-state index is 6.43. The third-order valence-corrected chi connectivity index (χ3v) is 6.57. The van der Waals surface area contributed by atoms with Gasteiger partial charge in [0.2, 0.25) is 0 Å². The van der Waals surface area contributed by atoms with Crippen molar-refractivity contribution in [1.29, 1.82) is 0 Å². The third kappa shape index (κ3) is 4.42. The van der Waals surface area contributed by atoms with Gasteiger partial charge in [0.05, 0.1) is 13.2 Å². The van der Waals surface area contributed by atoms with Crippen molar-refractivity contribution >= 4 is 21.9 Å². The lowest BCUT2D eigenvalue weighted by molar-refractivity contribution is 0.0342. The van der Waals surface area contributed by atoms with Crippen LogP contribution in [0.25, 0.3) is 33.1 Å². The summed E-state index contributed by atoms with van der Waals surface area (Å²) < 4.78 is 5.46. The zero-order valence-corrected chi connectivity index (χ0v) is 18.8. The number of aromatic nitrogens is 2. The number of unbranched alkanes of at least 4 members (excludes halogenated alkanes) is 1.